The van der Waals surface area contributed by atoms with E-state index >= 15 is 0 Å². The minimum Gasteiger partial charge on any atom is -0.512 e. The summed E-state index contributed by atoms with van der Waals surface area (Å²) in [5.74, 6) is -0.415. The van der Waals surface area contributed by atoms with Gasteiger partial charge in [-0.05, 0) is 25.1 Å². The topological polar surface area (TPSA) is 66.7 Å². The first-order chi connectivity index (χ1) is 5.09. The summed E-state index contributed by atoms with van der Waals surface area (Å²) >= 11 is 0. The number of Topliss-reactive ketones (excluding diaryl/α,β-unsaturated/α-hetero) is 1. The van der Waals surface area contributed by atoms with E-state index in [1.165, 1.54) is 19.9 Å². The number of hydrogen-bond donors (Lipinski definition) is 1. The van der Waals surface area contributed by atoms with Crippen LogP contribution in [0.2, 0.25) is 0 Å². The molecule has 0 fully saturated rings. The number of nitrogens with zero attached hydrogens (tertiary/aromatic N) is 1. The van der Waals surface area contributed by atoms with Crippen molar-refractivity contribution in [3.63, 3.8) is 0 Å². The summed E-state index contributed by atoms with van der Waals surface area (Å²) in [5.41, 5.74) is 0.101. The molecule has 0 amide bonds. The Kier molecular flexibility index (Phi) is 3.80. The summed E-state index contributed by atoms with van der Waals surface area (Å²) in [6.07, 6.45) is 2.08. The van der Waals surface area contributed by atoms with Crippen LogP contribution in [-0.2, 0) is 4.79 Å². The molecule has 0 spiro atoms. The summed E-state index contributed by atoms with van der Waals surface area (Å²) in [4.78, 5) is 20.3. The van der Waals surface area contributed by atoms with Crippen LogP contribution in [0, 0.1) is 4.91 Å². The summed E-state index contributed by atoms with van der Waals surface area (Å²) in [7, 11) is 0. The summed E-state index contributed by atoms with van der Waals surface area (Å²) in [6.45, 7) is 2.66. The zero-order valence-corrected chi connectivity index (χ0v) is 6.37. The molecule has 0 aliphatic carbocycles. The minimum absolute atomic E-state index is 0.101. The summed E-state index contributed by atoms with van der Waals surface area (Å²) < 4.78 is 0. The Morgan fingerprint density at radius 1 is 1.45 bits per heavy atom. The van der Waals surface area contributed by atoms with Crippen LogP contribution in [-0.4, -0.2) is 10.9 Å². The number of aliphatic hydroxyl groups is 1. The predicted molar refractivity (Wildman–Crippen MR) is 40.9 cm³/mol. The van der Waals surface area contributed by atoms with E-state index < -0.39 is 0 Å². The standard InChI is InChI=1S/C7H9NO3/c1-5(9)7(6(2)10)3-4-8-11/h3-4,9H,1-2H3/b4-3-,7-5+. The lowest BCUT2D eigenvalue weighted by Crippen LogP contribution is -1.96. The van der Waals surface area contributed by atoms with Crippen molar-refractivity contribution in [3.8, 4) is 0 Å². The van der Waals surface area contributed by atoms with Gasteiger partial charge in [-0.1, -0.05) is 0 Å². The molecule has 0 unspecified atom stereocenters. The maximum Gasteiger partial charge on any atom is 0.163 e. The normalized spacial score (nSPS) is 12.9. The van der Waals surface area contributed by atoms with Gasteiger partial charge in [0.2, 0.25) is 0 Å². The maximum absolute atomic E-state index is 10.7. The van der Waals surface area contributed by atoms with E-state index in [-0.39, 0.29) is 17.1 Å². The fourth-order valence-corrected chi connectivity index (χ4v) is 0.598. The molecule has 0 heterocycles. The van der Waals surface area contributed by atoms with Crippen LogP contribution in [0.3, 0.4) is 0 Å². The molecule has 1 N–H and O–H groups in total. The minimum atomic E-state index is -0.301. The van der Waals surface area contributed by atoms with Gasteiger partial charge in [0.1, 0.15) is 0 Å². The molecule has 0 aromatic heterocycles. The number of rotatable bonds is 3. The largest absolute Gasteiger partial charge is 0.512 e. The summed E-state index contributed by atoms with van der Waals surface area (Å²) in [6, 6.07) is 0. The van der Waals surface area contributed by atoms with E-state index in [0.717, 1.165) is 6.20 Å². The smallest absolute Gasteiger partial charge is 0.163 e. The number of aliphatic hydroxyl groups excluding tert-OH is 1. The second kappa shape index (κ2) is 4.38. The molecule has 0 saturated heterocycles. The van der Waals surface area contributed by atoms with Crippen LogP contribution >= 0.6 is 0 Å². The lowest BCUT2D eigenvalue weighted by molar-refractivity contribution is -0.113. The first kappa shape index (κ1) is 9.55. The van der Waals surface area contributed by atoms with Crippen molar-refractivity contribution in [2.45, 2.75) is 13.8 Å². The van der Waals surface area contributed by atoms with Crippen molar-refractivity contribution in [1.82, 2.24) is 0 Å². The van der Waals surface area contributed by atoms with E-state index in [0.29, 0.717) is 0 Å². The van der Waals surface area contributed by atoms with Crippen LogP contribution in [0.15, 0.2) is 28.8 Å². The van der Waals surface area contributed by atoms with Gasteiger partial charge in [-0.25, -0.2) is 0 Å². The quantitative estimate of drug-likeness (QED) is 0.292. The Morgan fingerprint density at radius 3 is 2.27 bits per heavy atom. The van der Waals surface area contributed by atoms with Crippen LogP contribution in [0.25, 0.3) is 0 Å². The maximum atomic E-state index is 10.7. The molecular formula is C7H9NO3. The van der Waals surface area contributed by atoms with E-state index in [1.807, 2.05) is 0 Å². The lowest BCUT2D eigenvalue weighted by atomic mass is 10.1. The van der Waals surface area contributed by atoms with E-state index in [4.69, 9.17) is 5.11 Å². The number of carbonyl (C=O) groups excluding carboxylic acids is 1. The van der Waals surface area contributed by atoms with Gasteiger partial charge in [0, 0.05) is 0 Å². The second-order valence-corrected chi connectivity index (χ2v) is 1.98. The van der Waals surface area contributed by atoms with Crippen molar-refractivity contribution in [2.75, 3.05) is 0 Å². The van der Waals surface area contributed by atoms with Crippen molar-refractivity contribution < 1.29 is 9.90 Å². The Labute approximate surface area is 64.2 Å². The van der Waals surface area contributed by atoms with Crippen molar-refractivity contribution in [2.24, 2.45) is 5.18 Å². The molecule has 60 valence electrons. The van der Waals surface area contributed by atoms with Gasteiger partial charge in [-0.3, -0.25) is 4.79 Å². The number of ketones is 1. The van der Waals surface area contributed by atoms with Crippen molar-refractivity contribution in [3.05, 3.63) is 28.5 Å². The van der Waals surface area contributed by atoms with Crippen molar-refractivity contribution >= 4 is 5.78 Å². The number of hydrogen-bond acceptors (Lipinski definition) is 4. The average Bonchev–Trinajstić information content (AvgIpc) is 1.87. The zero-order chi connectivity index (χ0) is 8.85. The summed E-state index contributed by atoms with van der Waals surface area (Å²) in [5, 5.41) is 11.3. The molecule has 0 aromatic rings. The first-order valence-corrected chi connectivity index (χ1v) is 2.99. The second-order valence-electron chi connectivity index (χ2n) is 1.98. The van der Waals surface area contributed by atoms with E-state index in [9.17, 15) is 9.70 Å². The molecule has 0 aliphatic rings. The fourth-order valence-electron chi connectivity index (χ4n) is 0.598. The Bertz CT molecular complexity index is 224. The average molecular weight is 155 g/mol. The molecule has 4 heteroatoms. The van der Waals surface area contributed by atoms with Gasteiger partial charge in [-0.2, -0.15) is 0 Å². The number of carbonyl (C=O) groups is 1. The Hall–Kier alpha value is -1.45. The highest BCUT2D eigenvalue weighted by Crippen LogP contribution is 2.03. The molecular weight excluding hydrogens is 146 g/mol. The van der Waals surface area contributed by atoms with Crippen molar-refractivity contribution in [1.29, 1.82) is 0 Å². The molecule has 11 heavy (non-hydrogen) atoms. The third-order valence-electron chi connectivity index (χ3n) is 1.07. The molecule has 0 bridgehead atoms. The molecule has 0 radical (unpaired) electrons. The number of nitroso groups, excluding NO2 is 1. The van der Waals surface area contributed by atoms with Gasteiger partial charge in [0.15, 0.2) is 5.78 Å². The van der Waals surface area contributed by atoms with Crippen LogP contribution < -0.4 is 0 Å². The monoisotopic (exact) mass is 155 g/mol. The number of allylic oxidation sites excluding steroid dienone is 3. The van der Waals surface area contributed by atoms with E-state index in [1.54, 1.807) is 0 Å². The van der Waals surface area contributed by atoms with Gasteiger partial charge >= 0.3 is 0 Å². The van der Waals surface area contributed by atoms with Crippen LogP contribution in [0.4, 0.5) is 0 Å². The molecule has 0 saturated carbocycles. The highest BCUT2D eigenvalue weighted by Gasteiger charge is 2.02. The fraction of sp³-hybridized carbons (Fsp3) is 0.286. The molecule has 4 nitrogen and oxygen atoms in total. The predicted octanol–water partition coefficient (Wildman–Crippen LogP) is 1.69. The Morgan fingerprint density at radius 2 is 2.00 bits per heavy atom. The van der Waals surface area contributed by atoms with Gasteiger partial charge in [-0.15, -0.1) is 4.91 Å². The highest BCUT2D eigenvalue weighted by atomic mass is 16.3. The zero-order valence-electron chi connectivity index (χ0n) is 6.37. The van der Waals surface area contributed by atoms with Gasteiger partial charge < -0.3 is 5.11 Å². The first-order valence-electron chi connectivity index (χ1n) is 2.99. The third-order valence-corrected chi connectivity index (χ3v) is 1.07. The molecule has 0 aliphatic heterocycles. The molecule has 0 aromatic carbocycles. The third kappa shape index (κ3) is 3.30. The van der Waals surface area contributed by atoms with Crippen LogP contribution in [0.1, 0.15) is 13.8 Å². The van der Waals surface area contributed by atoms with Gasteiger partial charge in [0.25, 0.3) is 0 Å². The van der Waals surface area contributed by atoms with Crippen LogP contribution in [0.5, 0.6) is 0 Å². The lowest BCUT2D eigenvalue weighted by Gasteiger charge is -1.95. The highest BCUT2D eigenvalue weighted by molar-refractivity contribution is 5.96. The molecule has 0 rings (SSSR count). The Balaban J connectivity index is 4.64. The van der Waals surface area contributed by atoms with E-state index in [2.05, 4.69) is 5.18 Å². The molecule has 0 atom stereocenters. The SMILES string of the molecule is CC(=O)C(/C=C\N=O)=C(\C)O. The van der Waals surface area contributed by atoms with Gasteiger partial charge in [0.05, 0.1) is 17.5 Å².